The fraction of sp³-hybridized carbons (Fsp3) is 0.361. The molecule has 0 spiro atoms. The van der Waals surface area contributed by atoms with E-state index in [2.05, 4.69) is 91.1 Å². The number of aromatic nitrogens is 6. The SMILES string of the molecule is C=CCn1c(N2CCCN(CCC3(c4ccccc4)CCN(C(=O)c4cc(-n5cnnn5)ccc4C)C3)CC2)nc2ccccc21. The van der Waals surface area contributed by atoms with Crippen molar-refractivity contribution in [1.82, 2.24) is 39.6 Å². The summed E-state index contributed by atoms with van der Waals surface area (Å²) in [5, 5.41) is 11.5. The second kappa shape index (κ2) is 12.9. The number of rotatable bonds is 9. The number of carbonyl (C=O) groups is 1. The molecule has 0 aliphatic carbocycles. The number of amides is 1. The molecule has 4 heterocycles. The molecule has 2 aliphatic heterocycles. The summed E-state index contributed by atoms with van der Waals surface area (Å²) in [4.78, 5) is 26.1. The molecule has 10 nitrogen and oxygen atoms in total. The van der Waals surface area contributed by atoms with Gasteiger partial charge in [0.15, 0.2) is 0 Å². The van der Waals surface area contributed by atoms with E-state index in [1.807, 2.05) is 36.1 Å². The first-order valence-corrected chi connectivity index (χ1v) is 16.3. The van der Waals surface area contributed by atoms with Crippen LogP contribution in [0.15, 0.2) is 91.8 Å². The molecule has 1 amide bonds. The number of carbonyl (C=O) groups excluding carboxylic acids is 1. The van der Waals surface area contributed by atoms with E-state index in [1.165, 1.54) is 5.56 Å². The van der Waals surface area contributed by atoms with Gasteiger partial charge in [0.2, 0.25) is 5.95 Å². The Morgan fingerprint density at radius 1 is 0.978 bits per heavy atom. The largest absolute Gasteiger partial charge is 0.341 e. The average molecular weight is 616 g/mol. The lowest BCUT2D eigenvalue weighted by molar-refractivity contribution is 0.0780. The standard InChI is InChI=1S/C36H41N9O/c1-3-18-44-33-13-8-7-12-32(33)38-35(44)42-20-9-19-41(23-24-42)21-16-36(29-10-5-4-6-11-29)17-22-43(26-36)34(46)31-25-30(15-14-28(31)2)45-27-37-39-40-45/h3-8,10-15,25,27H,1,9,16-24,26H2,2H3. The van der Waals surface area contributed by atoms with Gasteiger partial charge in [-0.15, -0.1) is 11.7 Å². The van der Waals surface area contributed by atoms with Crippen molar-refractivity contribution in [1.29, 1.82) is 0 Å². The Morgan fingerprint density at radius 3 is 2.65 bits per heavy atom. The number of tetrazole rings is 1. The maximum absolute atomic E-state index is 14.0. The number of likely N-dealkylation sites (tertiary alicyclic amines) is 1. The lowest BCUT2D eigenvalue weighted by atomic mass is 9.76. The van der Waals surface area contributed by atoms with Gasteiger partial charge in [-0.2, -0.15) is 0 Å². The van der Waals surface area contributed by atoms with Gasteiger partial charge in [0, 0.05) is 50.2 Å². The number of imidazole rings is 1. The van der Waals surface area contributed by atoms with Crippen LogP contribution in [0, 0.1) is 6.92 Å². The normalized spacial score (nSPS) is 19.1. The van der Waals surface area contributed by atoms with Gasteiger partial charge in [-0.1, -0.05) is 54.6 Å². The summed E-state index contributed by atoms with van der Waals surface area (Å²) in [5.74, 6) is 1.10. The third kappa shape index (κ3) is 5.80. The van der Waals surface area contributed by atoms with E-state index < -0.39 is 0 Å². The predicted octanol–water partition coefficient (Wildman–Crippen LogP) is 4.89. The zero-order valence-electron chi connectivity index (χ0n) is 26.5. The number of aryl methyl sites for hydroxylation is 1. The van der Waals surface area contributed by atoms with Crippen LogP contribution in [0.4, 0.5) is 5.95 Å². The summed E-state index contributed by atoms with van der Waals surface area (Å²) in [6, 6.07) is 25.0. The summed E-state index contributed by atoms with van der Waals surface area (Å²) in [7, 11) is 0. The molecule has 3 aromatic carbocycles. The van der Waals surface area contributed by atoms with Gasteiger partial charge in [0.05, 0.1) is 16.7 Å². The fourth-order valence-electron chi connectivity index (χ4n) is 7.23. The molecule has 1 atom stereocenters. The van der Waals surface area contributed by atoms with Crippen molar-refractivity contribution in [2.45, 2.75) is 38.1 Å². The maximum Gasteiger partial charge on any atom is 0.254 e. The van der Waals surface area contributed by atoms with Crippen molar-refractivity contribution < 1.29 is 4.79 Å². The molecule has 10 heteroatoms. The number of para-hydroxylation sites is 2. The van der Waals surface area contributed by atoms with Crippen LogP contribution in [0.2, 0.25) is 0 Å². The van der Waals surface area contributed by atoms with E-state index in [4.69, 9.17) is 4.98 Å². The highest BCUT2D eigenvalue weighted by Gasteiger charge is 2.42. The second-order valence-electron chi connectivity index (χ2n) is 12.6. The van der Waals surface area contributed by atoms with Crippen LogP contribution in [-0.4, -0.2) is 91.3 Å². The quantitative estimate of drug-likeness (QED) is 0.218. The Balaban J connectivity index is 1.07. The van der Waals surface area contributed by atoms with Crippen LogP contribution in [0.5, 0.6) is 0 Å². The van der Waals surface area contributed by atoms with E-state index in [1.54, 1.807) is 11.0 Å². The number of benzene rings is 3. The van der Waals surface area contributed by atoms with E-state index in [9.17, 15) is 4.79 Å². The summed E-state index contributed by atoms with van der Waals surface area (Å²) in [5.41, 5.74) is 5.84. The minimum atomic E-state index is -0.0950. The van der Waals surface area contributed by atoms with E-state index in [0.717, 1.165) is 93.3 Å². The molecule has 46 heavy (non-hydrogen) atoms. The molecule has 0 N–H and O–H groups in total. The second-order valence-corrected chi connectivity index (χ2v) is 12.6. The molecule has 5 aromatic rings. The molecule has 0 saturated carbocycles. The molecule has 0 radical (unpaired) electrons. The first-order valence-electron chi connectivity index (χ1n) is 16.3. The van der Waals surface area contributed by atoms with Crippen LogP contribution < -0.4 is 4.90 Å². The van der Waals surface area contributed by atoms with Crippen LogP contribution in [0.3, 0.4) is 0 Å². The van der Waals surface area contributed by atoms with Crippen LogP contribution in [0.25, 0.3) is 16.7 Å². The number of allylic oxidation sites excluding steroid dienone is 1. The van der Waals surface area contributed by atoms with Crippen LogP contribution in [-0.2, 0) is 12.0 Å². The number of anilines is 1. The smallest absolute Gasteiger partial charge is 0.254 e. The monoisotopic (exact) mass is 615 g/mol. The van der Waals surface area contributed by atoms with Gasteiger partial charge in [-0.05, 0) is 85.1 Å². The highest BCUT2D eigenvalue weighted by Crippen LogP contribution is 2.39. The lowest BCUT2D eigenvalue weighted by Crippen LogP contribution is -2.39. The number of hydrogen-bond donors (Lipinski definition) is 0. The van der Waals surface area contributed by atoms with E-state index >= 15 is 0 Å². The average Bonchev–Trinajstić information content (AvgIpc) is 3.82. The zero-order valence-corrected chi connectivity index (χ0v) is 26.5. The van der Waals surface area contributed by atoms with Gasteiger partial charge < -0.3 is 19.3 Å². The Hall–Kier alpha value is -4.83. The van der Waals surface area contributed by atoms with Gasteiger partial charge in [0.25, 0.3) is 5.91 Å². The molecular formula is C36H41N9O. The topological polar surface area (TPSA) is 88.2 Å². The fourth-order valence-corrected chi connectivity index (χ4v) is 7.23. The Kier molecular flexibility index (Phi) is 8.36. The third-order valence-electron chi connectivity index (χ3n) is 9.82. The summed E-state index contributed by atoms with van der Waals surface area (Å²) in [6.45, 7) is 13.1. The Morgan fingerprint density at radius 2 is 1.83 bits per heavy atom. The first-order chi connectivity index (χ1) is 22.5. The predicted molar refractivity (Wildman–Crippen MR) is 180 cm³/mol. The highest BCUT2D eigenvalue weighted by molar-refractivity contribution is 5.96. The van der Waals surface area contributed by atoms with Crippen molar-refractivity contribution in [3.63, 3.8) is 0 Å². The van der Waals surface area contributed by atoms with Crippen molar-refractivity contribution in [2.24, 2.45) is 0 Å². The van der Waals surface area contributed by atoms with Crippen molar-refractivity contribution >= 4 is 22.9 Å². The van der Waals surface area contributed by atoms with Crippen molar-refractivity contribution in [3.8, 4) is 5.69 Å². The van der Waals surface area contributed by atoms with Crippen LogP contribution in [0.1, 0.15) is 40.7 Å². The van der Waals surface area contributed by atoms with Crippen LogP contribution >= 0.6 is 0 Å². The molecule has 2 fully saturated rings. The minimum absolute atomic E-state index is 0.0676. The van der Waals surface area contributed by atoms with Crippen molar-refractivity contribution in [3.05, 3.63) is 108 Å². The molecule has 7 rings (SSSR count). The van der Waals surface area contributed by atoms with Gasteiger partial charge >= 0.3 is 0 Å². The lowest BCUT2D eigenvalue weighted by Gasteiger charge is -2.33. The summed E-state index contributed by atoms with van der Waals surface area (Å²) >= 11 is 0. The summed E-state index contributed by atoms with van der Waals surface area (Å²) < 4.78 is 3.87. The maximum atomic E-state index is 14.0. The van der Waals surface area contributed by atoms with E-state index in [-0.39, 0.29) is 11.3 Å². The molecule has 0 bridgehead atoms. The highest BCUT2D eigenvalue weighted by atomic mass is 16.2. The first kappa shape index (κ1) is 29.9. The van der Waals surface area contributed by atoms with E-state index in [0.29, 0.717) is 12.1 Å². The molecule has 1 unspecified atom stereocenters. The van der Waals surface area contributed by atoms with Gasteiger partial charge in [-0.25, -0.2) is 9.67 Å². The molecular weight excluding hydrogens is 574 g/mol. The third-order valence-corrected chi connectivity index (χ3v) is 9.82. The van der Waals surface area contributed by atoms with Crippen molar-refractivity contribution in [2.75, 3.05) is 50.7 Å². The number of hydrogen-bond acceptors (Lipinski definition) is 7. The molecule has 2 aliphatic rings. The molecule has 2 aromatic heterocycles. The minimum Gasteiger partial charge on any atom is -0.341 e. The zero-order chi connectivity index (χ0) is 31.5. The summed E-state index contributed by atoms with van der Waals surface area (Å²) in [6.07, 6.45) is 6.53. The molecule has 2 saturated heterocycles. The number of nitrogens with zero attached hydrogens (tertiary/aromatic N) is 9. The van der Waals surface area contributed by atoms with Gasteiger partial charge in [0.1, 0.15) is 6.33 Å². The number of fused-ring (bicyclic) bond motifs is 1. The molecule has 236 valence electrons. The van der Waals surface area contributed by atoms with Gasteiger partial charge in [-0.3, -0.25) is 4.79 Å². The Bertz CT molecular complexity index is 1820. The Labute approximate surface area is 269 Å².